The van der Waals surface area contributed by atoms with Gasteiger partial charge in [-0.25, -0.2) is 0 Å². The molecular formula is C5H4N4O2. The van der Waals surface area contributed by atoms with E-state index in [4.69, 9.17) is 5.21 Å². The van der Waals surface area contributed by atoms with Crippen LogP contribution in [0.1, 0.15) is 0 Å². The molecular weight excluding hydrogens is 148 g/mol. The van der Waals surface area contributed by atoms with Gasteiger partial charge < -0.3 is 5.21 Å². The molecule has 0 aliphatic carbocycles. The van der Waals surface area contributed by atoms with E-state index in [1.54, 1.807) is 0 Å². The first-order valence-electron chi connectivity index (χ1n) is 2.89. The van der Waals surface area contributed by atoms with Crippen LogP contribution in [0.4, 0.5) is 0 Å². The Kier molecular flexibility index (Phi) is 0.974. The molecule has 6 heteroatoms. The minimum Gasteiger partial charge on any atom is -0.425 e. The highest BCUT2D eigenvalue weighted by Crippen LogP contribution is 1.99. The minimum atomic E-state index is -0.404. The van der Waals surface area contributed by atoms with Gasteiger partial charge in [-0.2, -0.15) is 14.8 Å². The van der Waals surface area contributed by atoms with Crippen molar-refractivity contribution in [3.05, 3.63) is 22.9 Å². The lowest BCUT2D eigenvalue weighted by molar-refractivity contribution is 0.192. The second-order valence-electron chi connectivity index (χ2n) is 2.03. The highest BCUT2D eigenvalue weighted by Gasteiger charge is 2.02. The third-order valence-corrected chi connectivity index (χ3v) is 1.36. The molecule has 0 amide bonds. The van der Waals surface area contributed by atoms with Crippen LogP contribution in [0.5, 0.6) is 0 Å². The van der Waals surface area contributed by atoms with Crippen molar-refractivity contribution >= 4 is 11.0 Å². The van der Waals surface area contributed by atoms with Gasteiger partial charge in [-0.05, 0) is 0 Å². The average Bonchev–Trinajstić information content (AvgIpc) is 2.45. The van der Waals surface area contributed by atoms with Crippen LogP contribution in [0.3, 0.4) is 0 Å². The molecule has 0 bridgehead atoms. The van der Waals surface area contributed by atoms with Gasteiger partial charge in [-0.1, -0.05) is 0 Å². The Balaban J connectivity index is 3.08. The Morgan fingerprint density at radius 1 is 1.64 bits per heavy atom. The van der Waals surface area contributed by atoms with Crippen LogP contribution in [-0.2, 0) is 0 Å². The molecule has 0 saturated carbocycles. The Hall–Kier alpha value is -1.85. The lowest BCUT2D eigenvalue weighted by Crippen LogP contribution is -2.09. The molecule has 2 rings (SSSR count). The molecule has 0 aliphatic heterocycles. The van der Waals surface area contributed by atoms with Crippen LogP contribution in [0.15, 0.2) is 17.3 Å². The summed E-state index contributed by atoms with van der Waals surface area (Å²) in [6.45, 7) is 0. The fourth-order valence-corrected chi connectivity index (χ4v) is 0.845. The number of nitrogens with one attached hydrogen (secondary N) is 1. The maximum absolute atomic E-state index is 10.9. The maximum Gasteiger partial charge on any atom is 0.284 e. The Morgan fingerprint density at radius 3 is 3.18 bits per heavy atom. The van der Waals surface area contributed by atoms with E-state index in [1.807, 2.05) is 0 Å². The van der Waals surface area contributed by atoms with Crippen LogP contribution >= 0.6 is 0 Å². The van der Waals surface area contributed by atoms with E-state index < -0.39 is 5.56 Å². The van der Waals surface area contributed by atoms with Crippen molar-refractivity contribution in [3.8, 4) is 0 Å². The van der Waals surface area contributed by atoms with Crippen molar-refractivity contribution in [1.82, 2.24) is 19.9 Å². The van der Waals surface area contributed by atoms with Gasteiger partial charge in [0.1, 0.15) is 11.7 Å². The van der Waals surface area contributed by atoms with Gasteiger partial charge in [-0.3, -0.25) is 9.89 Å². The predicted molar refractivity (Wildman–Crippen MR) is 35.3 cm³/mol. The summed E-state index contributed by atoms with van der Waals surface area (Å²) in [6, 6.07) is 0. The number of fused-ring (bicyclic) bond motifs is 1. The molecule has 56 valence electrons. The first-order chi connectivity index (χ1) is 5.29. The molecule has 0 saturated heterocycles. The molecule has 0 unspecified atom stereocenters. The van der Waals surface area contributed by atoms with E-state index in [-0.39, 0.29) is 11.0 Å². The quantitative estimate of drug-likeness (QED) is 0.491. The first kappa shape index (κ1) is 5.90. The highest BCUT2D eigenvalue weighted by atomic mass is 16.5. The van der Waals surface area contributed by atoms with E-state index in [2.05, 4.69) is 15.2 Å². The summed E-state index contributed by atoms with van der Waals surface area (Å²) >= 11 is 0. The van der Waals surface area contributed by atoms with Crippen molar-refractivity contribution in [2.24, 2.45) is 0 Å². The highest BCUT2D eigenvalue weighted by molar-refractivity contribution is 5.72. The standard InChI is InChI=1S/C5H4N4O2/c10-5-3-1-7-8-4(3)9(11)2-6-5/h1-2,11H,(H,7,8). The van der Waals surface area contributed by atoms with E-state index in [9.17, 15) is 4.79 Å². The Morgan fingerprint density at radius 2 is 2.45 bits per heavy atom. The van der Waals surface area contributed by atoms with Crippen LogP contribution in [0.2, 0.25) is 0 Å². The molecule has 0 radical (unpaired) electrons. The predicted octanol–water partition coefficient (Wildman–Crippen LogP) is -0.643. The topological polar surface area (TPSA) is 83.8 Å². The van der Waals surface area contributed by atoms with Crippen molar-refractivity contribution in [1.29, 1.82) is 0 Å². The normalized spacial score (nSPS) is 10.5. The monoisotopic (exact) mass is 152 g/mol. The molecule has 2 aromatic rings. The van der Waals surface area contributed by atoms with Gasteiger partial charge in [-0.15, -0.1) is 0 Å². The molecule has 0 spiro atoms. The number of H-pyrrole nitrogens is 1. The summed E-state index contributed by atoms with van der Waals surface area (Å²) in [7, 11) is 0. The number of hydrogen-bond donors (Lipinski definition) is 2. The summed E-state index contributed by atoms with van der Waals surface area (Å²) < 4.78 is 0.712. The zero-order valence-electron chi connectivity index (χ0n) is 5.35. The van der Waals surface area contributed by atoms with E-state index >= 15 is 0 Å². The Labute approximate surface area is 60.1 Å². The van der Waals surface area contributed by atoms with E-state index in [1.165, 1.54) is 6.20 Å². The zero-order chi connectivity index (χ0) is 7.84. The van der Waals surface area contributed by atoms with Crippen LogP contribution < -0.4 is 5.56 Å². The van der Waals surface area contributed by atoms with Gasteiger partial charge in [0.25, 0.3) is 5.56 Å². The van der Waals surface area contributed by atoms with Crippen molar-refractivity contribution in [2.75, 3.05) is 0 Å². The molecule has 0 fully saturated rings. The first-order valence-corrected chi connectivity index (χ1v) is 2.89. The van der Waals surface area contributed by atoms with Gasteiger partial charge >= 0.3 is 0 Å². The fraction of sp³-hybridized carbons (Fsp3) is 0. The smallest absolute Gasteiger partial charge is 0.284 e. The van der Waals surface area contributed by atoms with Gasteiger partial charge in [0, 0.05) is 0 Å². The largest absolute Gasteiger partial charge is 0.425 e. The van der Waals surface area contributed by atoms with Gasteiger partial charge in [0.15, 0.2) is 5.65 Å². The number of aromatic nitrogens is 4. The number of hydrogen-bond acceptors (Lipinski definition) is 4. The van der Waals surface area contributed by atoms with E-state index in [0.29, 0.717) is 4.73 Å². The lowest BCUT2D eigenvalue weighted by Gasteiger charge is -1.93. The fourth-order valence-electron chi connectivity index (χ4n) is 0.845. The van der Waals surface area contributed by atoms with Gasteiger partial charge in [0.05, 0.1) is 6.20 Å². The summed E-state index contributed by atoms with van der Waals surface area (Å²) in [6.07, 6.45) is 2.33. The SMILES string of the molecule is O=c1ncn(O)c2[nH]ncc12. The van der Waals surface area contributed by atoms with Crippen LogP contribution in [0.25, 0.3) is 11.0 Å². The van der Waals surface area contributed by atoms with Crippen molar-refractivity contribution in [2.45, 2.75) is 0 Å². The number of aromatic amines is 1. The molecule has 0 aliphatic rings. The molecule has 2 N–H and O–H groups in total. The summed E-state index contributed by atoms with van der Waals surface area (Å²) in [4.78, 5) is 14.3. The second kappa shape index (κ2) is 1.82. The maximum atomic E-state index is 10.9. The molecule has 0 atom stereocenters. The number of rotatable bonds is 0. The second-order valence-corrected chi connectivity index (χ2v) is 2.03. The molecule has 2 aromatic heterocycles. The average molecular weight is 152 g/mol. The third kappa shape index (κ3) is 0.689. The summed E-state index contributed by atoms with van der Waals surface area (Å²) in [5, 5.41) is 15.3. The lowest BCUT2D eigenvalue weighted by atomic mass is 10.4. The van der Waals surface area contributed by atoms with Crippen molar-refractivity contribution < 1.29 is 5.21 Å². The zero-order valence-corrected chi connectivity index (χ0v) is 5.35. The molecule has 11 heavy (non-hydrogen) atoms. The van der Waals surface area contributed by atoms with Crippen molar-refractivity contribution in [3.63, 3.8) is 0 Å². The molecule has 2 heterocycles. The van der Waals surface area contributed by atoms with E-state index in [0.717, 1.165) is 6.33 Å². The summed E-state index contributed by atoms with van der Waals surface area (Å²) in [5.41, 5.74) is -0.149. The van der Waals surface area contributed by atoms with Crippen LogP contribution in [-0.4, -0.2) is 25.1 Å². The minimum absolute atomic E-state index is 0.255. The van der Waals surface area contributed by atoms with Gasteiger partial charge in [0.2, 0.25) is 0 Å². The molecule has 6 nitrogen and oxygen atoms in total. The molecule has 0 aromatic carbocycles. The number of nitrogens with zero attached hydrogens (tertiary/aromatic N) is 3. The summed E-state index contributed by atoms with van der Waals surface area (Å²) in [5.74, 6) is 0. The third-order valence-electron chi connectivity index (χ3n) is 1.36. The van der Waals surface area contributed by atoms with Crippen LogP contribution in [0, 0.1) is 0 Å². The Bertz CT molecular complexity index is 443.